The second-order valence-electron chi connectivity index (χ2n) is 3.83. The Hall–Kier alpha value is -0.420. The van der Waals surface area contributed by atoms with Crippen molar-refractivity contribution in [3.63, 3.8) is 0 Å². The fraction of sp³-hybridized carbons (Fsp3) is 0.556. The maximum Gasteiger partial charge on any atom is 0.330 e. The Bertz CT molecular complexity index is 559. The number of hydrogen-bond donors (Lipinski definition) is 3. The minimum Gasteiger partial charge on any atom is -0.394 e. The highest BCUT2D eigenvalue weighted by Gasteiger charge is 2.43. The van der Waals surface area contributed by atoms with Crippen LogP contribution in [0, 0.1) is 0 Å². The second kappa shape index (κ2) is 5.29. The van der Waals surface area contributed by atoms with Crippen molar-refractivity contribution in [2.75, 3.05) is 6.61 Å². The normalized spacial score (nSPS) is 31.8. The smallest absolute Gasteiger partial charge is 0.330 e. The molecular weight excluding hydrogens is 378 g/mol. The predicted molar refractivity (Wildman–Crippen MR) is 71.1 cm³/mol. The van der Waals surface area contributed by atoms with Gasteiger partial charge in [-0.2, -0.15) is 0 Å². The lowest BCUT2D eigenvalue weighted by atomic mass is 10.2. The molecule has 1 unspecified atom stereocenters. The summed E-state index contributed by atoms with van der Waals surface area (Å²) >= 11 is 7.56. The SMILES string of the molecule is O=c1[nH]c(=O)n([C@@H]2O[C@H](CO)C(I)[C@H]2O)cc1Cl. The summed E-state index contributed by atoms with van der Waals surface area (Å²) in [5, 5.41) is 18.9. The standard InChI is InChI=1S/C9H10ClIN2O5/c10-3-1-13(9(17)12-7(3)16)8-6(15)5(11)4(2-14)18-8/h1,4-6,8,14-15H,2H2,(H,12,16,17)/t4-,5?,6-,8-/m1/s1. The topological polar surface area (TPSA) is 105 Å². The lowest BCUT2D eigenvalue weighted by Gasteiger charge is -2.17. The molecule has 4 atom stereocenters. The largest absolute Gasteiger partial charge is 0.394 e. The molecule has 1 aromatic heterocycles. The molecule has 0 radical (unpaired) electrons. The first kappa shape index (κ1) is 14.0. The minimum absolute atomic E-state index is 0.178. The van der Waals surface area contributed by atoms with Gasteiger partial charge in [-0.3, -0.25) is 14.3 Å². The number of aliphatic hydroxyl groups excluding tert-OH is 2. The Morgan fingerprint density at radius 2 is 2.22 bits per heavy atom. The van der Waals surface area contributed by atoms with Crippen molar-refractivity contribution in [1.82, 2.24) is 9.55 Å². The lowest BCUT2D eigenvalue weighted by molar-refractivity contribution is -0.0529. The van der Waals surface area contributed by atoms with Crippen LogP contribution in [-0.4, -0.2) is 42.5 Å². The van der Waals surface area contributed by atoms with Gasteiger partial charge in [-0.25, -0.2) is 4.79 Å². The minimum atomic E-state index is -0.984. The third-order valence-electron chi connectivity index (χ3n) is 2.67. The van der Waals surface area contributed by atoms with E-state index in [1.165, 1.54) is 0 Å². The van der Waals surface area contributed by atoms with Gasteiger partial charge < -0.3 is 14.9 Å². The van der Waals surface area contributed by atoms with Gasteiger partial charge >= 0.3 is 5.69 Å². The molecule has 2 heterocycles. The van der Waals surface area contributed by atoms with Crippen molar-refractivity contribution in [1.29, 1.82) is 0 Å². The molecule has 18 heavy (non-hydrogen) atoms. The maximum absolute atomic E-state index is 11.6. The molecule has 0 aliphatic carbocycles. The number of rotatable bonds is 2. The second-order valence-corrected chi connectivity index (χ2v) is 5.67. The average Bonchev–Trinajstić information content (AvgIpc) is 2.61. The van der Waals surface area contributed by atoms with Gasteiger partial charge in [0.1, 0.15) is 11.1 Å². The van der Waals surface area contributed by atoms with Crippen LogP contribution in [0.15, 0.2) is 15.8 Å². The highest BCUT2D eigenvalue weighted by atomic mass is 127. The van der Waals surface area contributed by atoms with Gasteiger partial charge in [0.15, 0.2) is 6.23 Å². The summed E-state index contributed by atoms with van der Waals surface area (Å²) in [6, 6.07) is 0. The van der Waals surface area contributed by atoms with Crippen LogP contribution in [0.1, 0.15) is 6.23 Å². The zero-order valence-electron chi connectivity index (χ0n) is 8.92. The first-order chi connectivity index (χ1) is 8.45. The van der Waals surface area contributed by atoms with E-state index in [-0.39, 0.29) is 15.6 Å². The Balaban J connectivity index is 2.42. The number of hydrogen-bond acceptors (Lipinski definition) is 5. The van der Waals surface area contributed by atoms with Gasteiger partial charge in [-0.15, -0.1) is 0 Å². The summed E-state index contributed by atoms with van der Waals surface area (Å²) in [7, 11) is 0. The van der Waals surface area contributed by atoms with E-state index in [1.54, 1.807) is 0 Å². The molecule has 1 aliphatic rings. The first-order valence-electron chi connectivity index (χ1n) is 5.05. The molecule has 1 aliphatic heterocycles. The number of ether oxygens (including phenoxy) is 1. The summed E-state index contributed by atoms with van der Waals surface area (Å²) < 4.78 is 6.02. The van der Waals surface area contributed by atoms with Crippen molar-refractivity contribution in [2.24, 2.45) is 0 Å². The van der Waals surface area contributed by atoms with E-state index in [1.807, 2.05) is 27.6 Å². The number of H-pyrrole nitrogens is 1. The summed E-state index contributed by atoms with van der Waals surface area (Å²) in [6.45, 7) is -0.271. The van der Waals surface area contributed by atoms with Crippen LogP contribution >= 0.6 is 34.2 Å². The molecule has 3 N–H and O–H groups in total. The summed E-state index contributed by atoms with van der Waals surface area (Å²) in [5.74, 6) is 0. The van der Waals surface area contributed by atoms with Crippen molar-refractivity contribution in [3.8, 4) is 0 Å². The number of aliphatic hydroxyl groups is 2. The van der Waals surface area contributed by atoms with Gasteiger partial charge in [-0.1, -0.05) is 34.2 Å². The number of aromatic amines is 1. The zero-order chi connectivity index (χ0) is 13.4. The zero-order valence-corrected chi connectivity index (χ0v) is 11.8. The van der Waals surface area contributed by atoms with Gasteiger partial charge in [0.25, 0.3) is 5.56 Å². The Morgan fingerprint density at radius 3 is 2.78 bits per heavy atom. The molecule has 1 saturated heterocycles. The number of aromatic nitrogens is 2. The molecule has 1 aromatic rings. The van der Waals surface area contributed by atoms with Crippen LogP contribution in [0.4, 0.5) is 0 Å². The van der Waals surface area contributed by atoms with Crippen LogP contribution in [-0.2, 0) is 4.74 Å². The van der Waals surface area contributed by atoms with E-state index < -0.39 is 29.7 Å². The molecule has 1 fully saturated rings. The molecule has 0 spiro atoms. The monoisotopic (exact) mass is 388 g/mol. The number of halogens is 2. The predicted octanol–water partition coefficient (Wildman–Crippen LogP) is -0.756. The highest BCUT2D eigenvalue weighted by Crippen LogP contribution is 2.33. The Labute approximate surface area is 119 Å². The molecule has 0 aromatic carbocycles. The molecule has 0 saturated carbocycles. The van der Waals surface area contributed by atoms with Crippen molar-refractivity contribution in [2.45, 2.75) is 22.4 Å². The van der Waals surface area contributed by atoms with E-state index >= 15 is 0 Å². The van der Waals surface area contributed by atoms with Crippen LogP contribution in [0.5, 0.6) is 0 Å². The lowest BCUT2D eigenvalue weighted by Crippen LogP contribution is -2.36. The van der Waals surface area contributed by atoms with Crippen molar-refractivity contribution in [3.05, 3.63) is 32.1 Å². The molecule has 0 bridgehead atoms. The van der Waals surface area contributed by atoms with E-state index in [0.717, 1.165) is 10.8 Å². The number of nitrogens with zero attached hydrogens (tertiary/aromatic N) is 1. The number of nitrogens with one attached hydrogen (secondary N) is 1. The summed E-state index contributed by atoms with van der Waals surface area (Å²) in [4.78, 5) is 24.8. The summed E-state index contributed by atoms with van der Waals surface area (Å²) in [5.41, 5.74) is -1.43. The van der Waals surface area contributed by atoms with Gasteiger partial charge in [0, 0.05) is 6.20 Å². The molecular formula is C9H10ClIN2O5. The molecule has 7 nitrogen and oxygen atoms in total. The van der Waals surface area contributed by atoms with Crippen LogP contribution in [0.25, 0.3) is 0 Å². The molecule has 100 valence electrons. The average molecular weight is 389 g/mol. The van der Waals surface area contributed by atoms with Crippen molar-refractivity contribution >= 4 is 34.2 Å². The first-order valence-corrected chi connectivity index (χ1v) is 6.67. The molecule has 0 amide bonds. The quantitative estimate of drug-likeness (QED) is 0.457. The Morgan fingerprint density at radius 1 is 1.56 bits per heavy atom. The van der Waals surface area contributed by atoms with E-state index in [0.29, 0.717) is 0 Å². The van der Waals surface area contributed by atoms with E-state index in [9.17, 15) is 14.7 Å². The highest BCUT2D eigenvalue weighted by molar-refractivity contribution is 14.1. The summed E-state index contributed by atoms with van der Waals surface area (Å²) in [6.07, 6.45) is -1.43. The molecule has 9 heteroatoms. The van der Waals surface area contributed by atoms with Crippen molar-refractivity contribution < 1.29 is 14.9 Å². The third-order valence-corrected chi connectivity index (χ3v) is 4.47. The third kappa shape index (κ3) is 2.35. The van der Waals surface area contributed by atoms with E-state index in [4.69, 9.17) is 21.4 Å². The van der Waals surface area contributed by atoms with Crippen LogP contribution < -0.4 is 11.2 Å². The molecule has 2 rings (SSSR count). The fourth-order valence-corrected chi connectivity index (χ4v) is 2.64. The van der Waals surface area contributed by atoms with Gasteiger partial charge in [0.2, 0.25) is 0 Å². The maximum atomic E-state index is 11.6. The Kier molecular flexibility index (Phi) is 4.11. The number of alkyl halides is 1. The van der Waals surface area contributed by atoms with Gasteiger partial charge in [0.05, 0.1) is 16.6 Å². The van der Waals surface area contributed by atoms with E-state index in [2.05, 4.69) is 0 Å². The fourth-order valence-electron chi connectivity index (χ4n) is 1.74. The van der Waals surface area contributed by atoms with Crippen LogP contribution in [0.2, 0.25) is 5.02 Å². The van der Waals surface area contributed by atoms with Crippen LogP contribution in [0.3, 0.4) is 0 Å². The van der Waals surface area contributed by atoms with Gasteiger partial charge in [-0.05, 0) is 0 Å².